The van der Waals surface area contributed by atoms with Crippen LogP contribution in [-0.2, 0) is 6.42 Å². The molecule has 0 aliphatic carbocycles. The van der Waals surface area contributed by atoms with Crippen molar-refractivity contribution in [3.8, 4) is 39.2 Å². The summed E-state index contributed by atoms with van der Waals surface area (Å²) in [6.45, 7) is 7.64. The van der Waals surface area contributed by atoms with Crippen molar-refractivity contribution < 1.29 is 43.3 Å². The van der Waals surface area contributed by atoms with Gasteiger partial charge in [-0.25, -0.2) is 0 Å². The molecular formula is C45H41N7O9S. The van der Waals surface area contributed by atoms with Gasteiger partial charge in [0.15, 0.2) is 28.6 Å². The summed E-state index contributed by atoms with van der Waals surface area (Å²) in [4.78, 5) is 41.1. The highest BCUT2D eigenvalue weighted by Crippen LogP contribution is 2.29. The molecule has 8 aromatic rings. The number of carbonyl (C=O) groups excluding carboxylic acids is 3. The minimum absolute atomic E-state index is 0.00470. The van der Waals surface area contributed by atoms with E-state index in [9.17, 15) is 29.7 Å². The molecule has 3 amide bonds. The summed E-state index contributed by atoms with van der Waals surface area (Å²) in [7, 11) is 0. The molecule has 62 heavy (non-hydrogen) atoms. The van der Waals surface area contributed by atoms with Gasteiger partial charge >= 0.3 is 0 Å². The third-order valence-corrected chi connectivity index (χ3v) is 9.57. The zero-order valence-electron chi connectivity index (χ0n) is 33.9. The molecule has 0 spiro atoms. The van der Waals surface area contributed by atoms with Crippen LogP contribution in [0.2, 0.25) is 0 Å². The molecule has 0 bridgehead atoms. The lowest BCUT2D eigenvalue weighted by Gasteiger charge is -2.06. The van der Waals surface area contributed by atoms with Gasteiger partial charge in [-0.1, -0.05) is 46.7 Å². The van der Waals surface area contributed by atoms with Crippen LogP contribution in [0.5, 0.6) is 17.2 Å². The molecular weight excluding hydrogens is 815 g/mol. The number of benzene rings is 3. The number of rotatable bonds is 10. The number of hydrogen-bond donors (Lipinski definition) is 6. The second-order valence-corrected chi connectivity index (χ2v) is 14.7. The Balaban J connectivity index is 0.000000156. The van der Waals surface area contributed by atoms with E-state index in [-0.39, 0.29) is 34.3 Å². The number of phenolic OH excluding ortho intramolecular Hbond substituents is 3. The van der Waals surface area contributed by atoms with Crippen LogP contribution in [0, 0.1) is 20.8 Å². The highest BCUT2D eigenvalue weighted by Gasteiger charge is 2.18. The van der Waals surface area contributed by atoms with Crippen molar-refractivity contribution in [3.63, 3.8) is 0 Å². The predicted molar refractivity (Wildman–Crippen MR) is 232 cm³/mol. The van der Waals surface area contributed by atoms with Crippen LogP contribution >= 0.6 is 11.3 Å². The smallest absolute Gasteiger partial charge is 0.277 e. The predicted octanol–water partition coefficient (Wildman–Crippen LogP) is 9.57. The Labute approximate surface area is 358 Å². The molecule has 316 valence electrons. The molecule has 0 fully saturated rings. The number of pyridine rings is 1. The first kappa shape index (κ1) is 43.5. The fraction of sp³-hybridized carbons (Fsp3) is 0.133. The Kier molecular flexibility index (Phi) is 14.2. The number of carbonyl (C=O) groups is 3. The number of aryl methyl sites for hydroxylation is 4. The Bertz CT molecular complexity index is 2780. The van der Waals surface area contributed by atoms with Gasteiger partial charge < -0.3 is 44.8 Å². The van der Waals surface area contributed by atoms with Gasteiger partial charge in [-0.05, 0) is 104 Å². The molecule has 0 aliphatic rings. The van der Waals surface area contributed by atoms with E-state index in [1.54, 1.807) is 67.0 Å². The summed E-state index contributed by atoms with van der Waals surface area (Å²) < 4.78 is 15.4. The molecule has 16 nitrogen and oxygen atoms in total. The van der Waals surface area contributed by atoms with E-state index in [2.05, 4.69) is 36.4 Å². The molecule has 0 radical (unpaired) electrons. The number of aromatic nitrogens is 4. The first-order valence-electron chi connectivity index (χ1n) is 19.0. The molecule has 0 unspecified atom stereocenters. The number of phenols is 3. The number of anilines is 3. The second kappa shape index (κ2) is 20.3. The third kappa shape index (κ3) is 11.6. The van der Waals surface area contributed by atoms with E-state index in [1.807, 2.05) is 51.3 Å². The lowest BCUT2D eigenvalue weighted by Crippen LogP contribution is -2.12. The van der Waals surface area contributed by atoms with Crippen molar-refractivity contribution in [2.75, 3.05) is 16.0 Å². The number of nitrogens with zero attached hydrogens (tertiary/aromatic N) is 4. The topological polar surface area (TPSA) is 239 Å². The largest absolute Gasteiger partial charge is 0.506 e. The van der Waals surface area contributed by atoms with Crippen molar-refractivity contribution in [3.05, 3.63) is 154 Å². The summed E-state index contributed by atoms with van der Waals surface area (Å²) >= 11 is 1.50. The van der Waals surface area contributed by atoms with Crippen molar-refractivity contribution in [1.82, 2.24) is 20.5 Å². The summed E-state index contributed by atoms with van der Waals surface area (Å²) in [5, 5.41) is 50.1. The van der Waals surface area contributed by atoms with Gasteiger partial charge in [-0.15, -0.1) is 11.3 Å². The maximum atomic E-state index is 12.2. The van der Waals surface area contributed by atoms with Gasteiger partial charge in [0.25, 0.3) is 17.7 Å². The molecule has 0 saturated carbocycles. The second-order valence-electron chi connectivity index (χ2n) is 13.7. The Morgan fingerprint density at radius 1 is 0.597 bits per heavy atom. The average molecular weight is 856 g/mol. The van der Waals surface area contributed by atoms with Gasteiger partial charge in [0.2, 0.25) is 0 Å². The van der Waals surface area contributed by atoms with Gasteiger partial charge in [0.1, 0.15) is 23.0 Å². The highest BCUT2D eigenvalue weighted by molar-refractivity contribution is 7.13. The van der Waals surface area contributed by atoms with Crippen LogP contribution in [0.4, 0.5) is 17.1 Å². The van der Waals surface area contributed by atoms with E-state index in [1.165, 1.54) is 35.6 Å². The summed E-state index contributed by atoms with van der Waals surface area (Å²) in [6.07, 6.45) is 4.94. The highest BCUT2D eigenvalue weighted by atomic mass is 32.1. The van der Waals surface area contributed by atoms with Crippen LogP contribution in [-0.4, -0.2) is 53.5 Å². The fourth-order valence-corrected chi connectivity index (χ4v) is 6.21. The van der Waals surface area contributed by atoms with Crippen LogP contribution in [0.25, 0.3) is 22.0 Å². The molecule has 0 aliphatic heterocycles. The van der Waals surface area contributed by atoms with E-state index in [4.69, 9.17) is 13.6 Å². The fourth-order valence-electron chi connectivity index (χ4n) is 5.54. The summed E-state index contributed by atoms with van der Waals surface area (Å²) in [5.41, 5.74) is 5.07. The van der Waals surface area contributed by atoms with Gasteiger partial charge in [-0.2, -0.15) is 0 Å². The molecule has 5 aromatic heterocycles. The van der Waals surface area contributed by atoms with Crippen LogP contribution in [0.3, 0.4) is 0 Å². The zero-order valence-corrected chi connectivity index (χ0v) is 34.7. The standard InChI is InChI=1S/C16H13N3O3.C15H12N2O3S.C14H16N2O3/c1-10-4-5-14(20)12(7-10)18-16(21)13-8-15(22-19-13)11-3-2-6-17-9-11;1-9-4-5-12(18)10(7-9)16-15(19)11-8-13(20-17-11)14-3-2-6-21-14;1-3-4-10-8-12(16-19-10)14(18)15-11-7-9(2)5-6-13(11)17/h2-9,20H,1H3,(H,18,21);2-8,18H,1H3,(H,16,19);5-8,17H,3-4H2,1-2H3,(H,15,18). The average Bonchev–Trinajstić information content (AvgIpc) is 4.11. The minimum atomic E-state index is -0.459. The van der Waals surface area contributed by atoms with Crippen molar-refractivity contribution in [1.29, 1.82) is 0 Å². The quantitative estimate of drug-likeness (QED) is 0.0703. The molecule has 3 aromatic carbocycles. The Morgan fingerprint density at radius 3 is 1.55 bits per heavy atom. The molecule has 6 N–H and O–H groups in total. The lowest BCUT2D eigenvalue weighted by atomic mass is 10.2. The molecule has 8 rings (SSSR count). The van der Waals surface area contributed by atoms with Crippen molar-refractivity contribution >= 4 is 46.1 Å². The normalized spacial score (nSPS) is 10.5. The summed E-state index contributed by atoms with van der Waals surface area (Å²) in [5.74, 6) is 0.424. The number of hydrogen-bond acceptors (Lipinski definition) is 14. The number of nitrogens with one attached hydrogen (secondary N) is 3. The lowest BCUT2D eigenvalue weighted by molar-refractivity contribution is 0.101. The van der Waals surface area contributed by atoms with E-state index in [0.717, 1.165) is 40.0 Å². The zero-order chi connectivity index (χ0) is 44.2. The number of amides is 3. The van der Waals surface area contributed by atoms with Crippen LogP contribution < -0.4 is 16.0 Å². The van der Waals surface area contributed by atoms with E-state index >= 15 is 0 Å². The van der Waals surface area contributed by atoms with Crippen molar-refractivity contribution in [2.45, 2.75) is 40.5 Å². The summed E-state index contributed by atoms with van der Waals surface area (Å²) in [6, 6.07) is 27.0. The maximum absolute atomic E-state index is 12.2. The monoisotopic (exact) mass is 855 g/mol. The first-order valence-corrected chi connectivity index (χ1v) is 19.9. The Hall–Kier alpha value is -8.05. The van der Waals surface area contributed by atoms with Crippen LogP contribution in [0.1, 0.15) is 67.3 Å². The SMILES string of the molecule is CCCc1cc(C(=O)Nc2cc(C)ccc2O)no1.Cc1ccc(O)c(NC(=O)c2cc(-c3cccnc3)on2)c1.Cc1ccc(O)c(NC(=O)c2cc(-c3cccs3)on2)c1. The molecule has 0 atom stereocenters. The number of thiophene rings is 1. The minimum Gasteiger partial charge on any atom is -0.506 e. The number of aromatic hydroxyl groups is 3. The third-order valence-electron chi connectivity index (χ3n) is 8.68. The molecule has 0 saturated heterocycles. The maximum Gasteiger partial charge on any atom is 0.277 e. The van der Waals surface area contributed by atoms with E-state index in [0.29, 0.717) is 34.3 Å². The van der Waals surface area contributed by atoms with Crippen molar-refractivity contribution in [2.24, 2.45) is 0 Å². The first-order chi connectivity index (χ1) is 29.9. The van der Waals surface area contributed by atoms with E-state index < -0.39 is 17.7 Å². The van der Waals surface area contributed by atoms with Gasteiger partial charge in [-0.3, -0.25) is 19.4 Å². The van der Waals surface area contributed by atoms with Gasteiger partial charge in [0.05, 0.1) is 21.9 Å². The Morgan fingerprint density at radius 2 is 1.08 bits per heavy atom. The van der Waals surface area contributed by atoms with Crippen LogP contribution in [0.15, 0.2) is 128 Å². The molecule has 17 heteroatoms. The van der Waals surface area contributed by atoms with Gasteiger partial charge in [0, 0.05) is 42.6 Å². The molecule has 5 heterocycles.